The highest BCUT2D eigenvalue weighted by molar-refractivity contribution is 5.85. The van der Waals surface area contributed by atoms with Gasteiger partial charge in [-0.3, -0.25) is 5.32 Å². The quantitative estimate of drug-likeness (QED) is 0.913. The van der Waals surface area contributed by atoms with Crippen LogP contribution in [0.15, 0.2) is 48.7 Å². The van der Waals surface area contributed by atoms with Gasteiger partial charge in [-0.1, -0.05) is 18.2 Å². The molecule has 20 heavy (non-hydrogen) atoms. The molecular formula is C13H9F3N2O2. The Morgan fingerprint density at radius 2 is 1.80 bits per heavy atom. The lowest BCUT2D eigenvalue weighted by atomic mass is 10.3. The molecule has 0 radical (unpaired) electrons. The number of amides is 1. The van der Waals surface area contributed by atoms with Crippen molar-refractivity contribution in [3.05, 3.63) is 54.2 Å². The summed E-state index contributed by atoms with van der Waals surface area (Å²) in [7, 11) is 0. The average Bonchev–Trinajstić information content (AvgIpc) is 2.39. The Morgan fingerprint density at radius 1 is 1.10 bits per heavy atom. The second-order valence-corrected chi connectivity index (χ2v) is 3.76. The SMILES string of the molecule is O=C(Nc1ccccc1)Oc1ccc(C(F)(F)F)cn1. The molecule has 2 aromatic rings. The van der Waals surface area contributed by atoms with Crippen molar-refractivity contribution in [3.8, 4) is 5.88 Å². The van der Waals surface area contributed by atoms with Crippen molar-refractivity contribution in [2.24, 2.45) is 0 Å². The third-order valence-corrected chi connectivity index (χ3v) is 2.28. The molecule has 0 unspecified atom stereocenters. The molecule has 1 amide bonds. The van der Waals surface area contributed by atoms with Gasteiger partial charge in [-0.25, -0.2) is 9.78 Å². The van der Waals surface area contributed by atoms with Crippen LogP contribution in [0.1, 0.15) is 5.56 Å². The van der Waals surface area contributed by atoms with Gasteiger partial charge in [0.05, 0.1) is 5.56 Å². The van der Waals surface area contributed by atoms with Crippen LogP contribution in [-0.2, 0) is 6.18 Å². The van der Waals surface area contributed by atoms with Crippen molar-refractivity contribution in [3.63, 3.8) is 0 Å². The van der Waals surface area contributed by atoms with E-state index >= 15 is 0 Å². The summed E-state index contributed by atoms with van der Waals surface area (Å²) in [6.07, 6.45) is -4.70. The minimum atomic E-state index is -4.47. The van der Waals surface area contributed by atoms with E-state index in [1.807, 2.05) is 0 Å². The monoisotopic (exact) mass is 282 g/mol. The van der Waals surface area contributed by atoms with Gasteiger partial charge in [0.15, 0.2) is 0 Å². The maximum Gasteiger partial charge on any atom is 0.418 e. The number of hydrogen-bond acceptors (Lipinski definition) is 3. The lowest BCUT2D eigenvalue weighted by Crippen LogP contribution is -2.17. The van der Waals surface area contributed by atoms with Crippen LogP contribution in [0.25, 0.3) is 0 Å². The number of para-hydroxylation sites is 1. The maximum atomic E-state index is 12.3. The molecule has 104 valence electrons. The normalized spacial score (nSPS) is 10.9. The van der Waals surface area contributed by atoms with Crippen molar-refractivity contribution < 1.29 is 22.7 Å². The van der Waals surface area contributed by atoms with Gasteiger partial charge in [0.1, 0.15) is 0 Å². The number of ether oxygens (including phenoxy) is 1. The Labute approximate surface area is 112 Å². The second-order valence-electron chi connectivity index (χ2n) is 3.76. The van der Waals surface area contributed by atoms with Gasteiger partial charge in [-0.15, -0.1) is 0 Å². The second kappa shape index (κ2) is 5.60. The van der Waals surface area contributed by atoms with Gasteiger partial charge in [0.25, 0.3) is 0 Å². The first-order chi connectivity index (χ1) is 9.45. The number of rotatable bonds is 2. The van der Waals surface area contributed by atoms with E-state index in [0.717, 1.165) is 12.1 Å². The van der Waals surface area contributed by atoms with Gasteiger partial charge in [-0.05, 0) is 18.2 Å². The Morgan fingerprint density at radius 3 is 2.35 bits per heavy atom. The van der Waals surface area contributed by atoms with E-state index in [1.165, 1.54) is 0 Å². The minimum absolute atomic E-state index is 0.216. The first kappa shape index (κ1) is 13.9. The maximum absolute atomic E-state index is 12.3. The standard InChI is InChI=1S/C13H9F3N2O2/c14-13(15,16)9-6-7-11(17-8-9)20-12(19)18-10-4-2-1-3-5-10/h1-8H,(H,18,19). The molecule has 1 aromatic heterocycles. The van der Waals surface area contributed by atoms with Crippen LogP contribution < -0.4 is 10.1 Å². The number of anilines is 1. The molecule has 0 saturated heterocycles. The number of carbonyl (C=O) groups excluding carboxylic acids is 1. The zero-order valence-electron chi connectivity index (χ0n) is 10.0. The summed E-state index contributed by atoms with van der Waals surface area (Å²) >= 11 is 0. The lowest BCUT2D eigenvalue weighted by Gasteiger charge is -2.08. The number of benzene rings is 1. The van der Waals surface area contributed by atoms with Crippen molar-refractivity contribution >= 4 is 11.8 Å². The topological polar surface area (TPSA) is 51.2 Å². The van der Waals surface area contributed by atoms with E-state index in [1.54, 1.807) is 30.3 Å². The van der Waals surface area contributed by atoms with Crippen LogP contribution in [0, 0.1) is 0 Å². The van der Waals surface area contributed by atoms with Gasteiger partial charge in [0, 0.05) is 18.0 Å². The fraction of sp³-hybridized carbons (Fsp3) is 0.0769. The van der Waals surface area contributed by atoms with Gasteiger partial charge in [-0.2, -0.15) is 13.2 Å². The third kappa shape index (κ3) is 3.71. The molecule has 0 spiro atoms. The first-order valence-corrected chi connectivity index (χ1v) is 5.52. The van der Waals surface area contributed by atoms with Crippen molar-refractivity contribution in [2.45, 2.75) is 6.18 Å². The van der Waals surface area contributed by atoms with Crippen LogP contribution in [0.4, 0.5) is 23.7 Å². The van der Waals surface area contributed by atoms with Crippen LogP contribution in [-0.4, -0.2) is 11.1 Å². The van der Waals surface area contributed by atoms with E-state index in [9.17, 15) is 18.0 Å². The molecule has 4 nitrogen and oxygen atoms in total. The third-order valence-electron chi connectivity index (χ3n) is 2.28. The van der Waals surface area contributed by atoms with Gasteiger partial charge < -0.3 is 4.74 Å². The summed E-state index contributed by atoms with van der Waals surface area (Å²) in [5.74, 6) is -0.216. The highest BCUT2D eigenvalue weighted by Gasteiger charge is 2.30. The average molecular weight is 282 g/mol. The van der Waals surface area contributed by atoms with E-state index in [4.69, 9.17) is 4.74 Å². The Kier molecular flexibility index (Phi) is 3.88. The summed E-state index contributed by atoms with van der Waals surface area (Å²) in [4.78, 5) is 14.9. The number of pyridine rings is 1. The summed E-state index contributed by atoms with van der Waals surface area (Å²) in [6.45, 7) is 0. The molecule has 0 bridgehead atoms. The Hall–Kier alpha value is -2.57. The molecule has 0 atom stereocenters. The number of carbonyl (C=O) groups is 1. The summed E-state index contributed by atoms with van der Waals surface area (Å²) in [5.41, 5.74) is -0.405. The number of hydrogen-bond donors (Lipinski definition) is 1. The fourth-order valence-electron chi connectivity index (χ4n) is 1.37. The lowest BCUT2D eigenvalue weighted by molar-refractivity contribution is -0.137. The summed E-state index contributed by atoms with van der Waals surface area (Å²) < 4.78 is 41.7. The molecular weight excluding hydrogens is 273 g/mol. The molecule has 1 aromatic carbocycles. The smallest absolute Gasteiger partial charge is 0.391 e. The molecule has 0 saturated carbocycles. The molecule has 1 N–H and O–H groups in total. The largest absolute Gasteiger partial charge is 0.418 e. The fourth-order valence-corrected chi connectivity index (χ4v) is 1.37. The zero-order chi connectivity index (χ0) is 14.6. The number of nitrogens with zero attached hydrogens (tertiary/aromatic N) is 1. The van der Waals surface area contributed by atoms with E-state index in [2.05, 4.69) is 10.3 Å². The number of alkyl halides is 3. The highest BCUT2D eigenvalue weighted by atomic mass is 19.4. The number of halogens is 3. The van der Waals surface area contributed by atoms with Crippen LogP contribution in [0.5, 0.6) is 5.88 Å². The van der Waals surface area contributed by atoms with Crippen molar-refractivity contribution in [2.75, 3.05) is 5.32 Å². The van der Waals surface area contributed by atoms with E-state index in [-0.39, 0.29) is 5.88 Å². The number of nitrogens with one attached hydrogen (secondary N) is 1. The summed E-state index contributed by atoms with van der Waals surface area (Å²) in [5, 5.41) is 2.41. The molecule has 7 heteroatoms. The van der Waals surface area contributed by atoms with Gasteiger partial charge >= 0.3 is 12.3 Å². The van der Waals surface area contributed by atoms with E-state index < -0.39 is 17.8 Å². The molecule has 0 fully saturated rings. The highest BCUT2D eigenvalue weighted by Crippen LogP contribution is 2.29. The minimum Gasteiger partial charge on any atom is -0.391 e. The predicted octanol–water partition coefficient (Wildman–Crippen LogP) is 3.71. The van der Waals surface area contributed by atoms with Crippen molar-refractivity contribution in [1.29, 1.82) is 0 Å². The van der Waals surface area contributed by atoms with E-state index in [0.29, 0.717) is 11.9 Å². The molecule has 0 aliphatic heterocycles. The Bertz CT molecular complexity index is 583. The molecule has 2 rings (SSSR count). The predicted molar refractivity (Wildman–Crippen MR) is 65.3 cm³/mol. The summed E-state index contributed by atoms with van der Waals surface area (Å²) in [6, 6.07) is 10.3. The molecule has 1 heterocycles. The zero-order valence-corrected chi connectivity index (χ0v) is 10.0. The molecule has 0 aliphatic carbocycles. The number of aromatic nitrogens is 1. The van der Waals surface area contributed by atoms with Crippen LogP contribution in [0.2, 0.25) is 0 Å². The van der Waals surface area contributed by atoms with Crippen molar-refractivity contribution in [1.82, 2.24) is 4.98 Å². The Balaban J connectivity index is 1.98. The molecule has 0 aliphatic rings. The first-order valence-electron chi connectivity index (χ1n) is 5.52. The van der Waals surface area contributed by atoms with Crippen LogP contribution >= 0.6 is 0 Å². The van der Waals surface area contributed by atoms with Crippen LogP contribution in [0.3, 0.4) is 0 Å². The van der Waals surface area contributed by atoms with Gasteiger partial charge in [0.2, 0.25) is 5.88 Å².